The first kappa shape index (κ1) is 16.0. The van der Waals surface area contributed by atoms with E-state index in [2.05, 4.69) is 11.1 Å². The van der Waals surface area contributed by atoms with E-state index in [1.165, 1.54) is 18.2 Å². The minimum atomic E-state index is -1.05. The van der Waals surface area contributed by atoms with Crippen molar-refractivity contribution in [1.29, 1.82) is 5.26 Å². The molecule has 0 radical (unpaired) electrons. The second kappa shape index (κ2) is 6.12. The van der Waals surface area contributed by atoms with E-state index >= 15 is 0 Å². The Hall–Kier alpha value is -3.46. The Kier molecular flexibility index (Phi) is 3.77. The van der Waals surface area contributed by atoms with Gasteiger partial charge in [-0.3, -0.25) is 9.36 Å². The SMILES string of the molecule is N#CC1C=CC(/C=C2/CCn3c2nc2cc(C(=O)O)ccc2c3=O)=CC1. The van der Waals surface area contributed by atoms with Gasteiger partial charge in [0.2, 0.25) is 0 Å². The van der Waals surface area contributed by atoms with Crippen LogP contribution in [0.5, 0.6) is 0 Å². The molecule has 1 unspecified atom stereocenters. The van der Waals surface area contributed by atoms with Crippen LogP contribution in [0.25, 0.3) is 16.5 Å². The van der Waals surface area contributed by atoms with Gasteiger partial charge in [0.25, 0.3) is 5.56 Å². The van der Waals surface area contributed by atoms with Crippen molar-refractivity contribution in [3.8, 4) is 6.07 Å². The zero-order valence-electron chi connectivity index (χ0n) is 13.8. The molecule has 1 atom stereocenters. The average Bonchev–Trinajstić information content (AvgIpc) is 3.05. The number of nitrogens with zero attached hydrogens (tertiary/aromatic N) is 3. The lowest BCUT2D eigenvalue weighted by atomic mass is 9.96. The zero-order valence-corrected chi connectivity index (χ0v) is 13.8. The first-order chi connectivity index (χ1) is 12.6. The highest BCUT2D eigenvalue weighted by Gasteiger charge is 2.21. The molecule has 0 amide bonds. The maximum Gasteiger partial charge on any atom is 0.335 e. The summed E-state index contributed by atoms with van der Waals surface area (Å²) in [5.41, 5.74) is 2.29. The summed E-state index contributed by atoms with van der Waals surface area (Å²) < 4.78 is 1.64. The summed E-state index contributed by atoms with van der Waals surface area (Å²) in [7, 11) is 0. The molecule has 0 saturated carbocycles. The van der Waals surface area contributed by atoms with Gasteiger partial charge < -0.3 is 5.11 Å². The van der Waals surface area contributed by atoms with Crippen LogP contribution in [0, 0.1) is 17.2 Å². The first-order valence-corrected chi connectivity index (χ1v) is 8.33. The quantitative estimate of drug-likeness (QED) is 0.903. The van der Waals surface area contributed by atoms with E-state index in [1.54, 1.807) is 4.57 Å². The molecule has 4 rings (SSSR count). The Labute approximate surface area is 149 Å². The number of carboxylic acid groups (broad SMARTS) is 1. The fourth-order valence-electron chi connectivity index (χ4n) is 3.33. The molecule has 0 bridgehead atoms. The molecule has 1 aliphatic heterocycles. The number of allylic oxidation sites excluding steroid dienone is 6. The third kappa shape index (κ3) is 2.64. The molecule has 0 fully saturated rings. The maximum atomic E-state index is 12.7. The van der Waals surface area contributed by atoms with Gasteiger partial charge in [-0.05, 0) is 48.3 Å². The highest BCUT2D eigenvalue weighted by molar-refractivity contribution is 5.93. The third-order valence-corrected chi connectivity index (χ3v) is 4.73. The number of aromatic nitrogens is 2. The Bertz CT molecular complexity index is 1130. The van der Waals surface area contributed by atoms with Crippen LogP contribution in [0.2, 0.25) is 0 Å². The van der Waals surface area contributed by atoms with Gasteiger partial charge in [-0.1, -0.05) is 18.2 Å². The topological polar surface area (TPSA) is 96.0 Å². The van der Waals surface area contributed by atoms with E-state index in [1.807, 2.05) is 24.3 Å². The molecule has 26 heavy (non-hydrogen) atoms. The summed E-state index contributed by atoms with van der Waals surface area (Å²) in [5.74, 6) is -0.552. The molecule has 128 valence electrons. The molecular formula is C20H15N3O3. The maximum absolute atomic E-state index is 12.7. The molecule has 1 aromatic heterocycles. The minimum absolute atomic E-state index is 0.0906. The van der Waals surface area contributed by atoms with Gasteiger partial charge in [0.05, 0.1) is 28.5 Å². The number of carboxylic acids is 1. The molecule has 0 spiro atoms. The summed E-state index contributed by atoms with van der Waals surface area (Å²) in [5, 5.41) is 18.5. The molecule has 2 aliphatic rings. The van der Waals surface area contributed by atoms with Crippen molar-refractivity contribution in [1.82, 2.24) is 9.55 Å². The number of aromatic carboxylic acids is 1. The molecule has 2 heterocycles. The highest BCUT2D eigenvalue weighted by Crippen LogP contribution is 2.28. The Morgan fingerprint density at radius 3 is 2.96 bits per heavy atom. The molecule has 1 aromatic carbocycles. The summed E-state index contributed by atoms with van der Waals surface area (Å²) in [6.45, 7) is 0.557. The number of nitriles is 1. The van der Waals surface area contributed by atoms with Crippen molar-refractivity contribution in [2.45, 2.75) is 19.4 Å². The van der Waals surface area contributed by atoms with Crippen molar-refractivity contribution >= 4 is 22.4 Å². The molecule has 1 N–H and O–H groups in total. The van der Waals surface area contributed by atoms with Crippen LogP contribution in [0.1, 0.15) is 29.0 Å². The van der Waals surface area contributed by atoms with Crippen LogP contribution in [0.15, 0.2) is 52.9 Å². The molecule has 2 aromatic rings. The van der Waals surface area contributed by atoms with Crippen LogP contribution < -0.4 is 5.56 Å². The van der Waals surface area contributed by atoms with E-state index < -0.39 is 5.97 Å². The van der Waals surface area contributed by atoms with Crippen molar-refractivity contribution in [3.63, 3.8) is 0 Å². The minimum Gasteiger partial charge on any atom is -0.478 e. The summed E-state index contributed by atoms with van der Waals surface area (Å²) >= 11 is 0. The number of benzene rings is 1. The third-order valence-electron chi connectivity index (χ3n) is 4.73. The van der Waals surface area contributed by atoms with Crippen LogP contribution in [0.3, 0.4) is 0 Å². The molecule has 0 saturated heterocycles. The van der Waals surface area contributed by atoms with E-state index in [-0.39, 0.29) is 17.0 Å². The van der Waals surface area contributed by atoms with E-state index in [4.69, 9.17) is 10.4 Å². The van der Waals surface area contributed by atoms with E-state index in [0.717, 1.165) is 11.1 Å². The monoisotopic (exact) mass is 345 g/mol. The number of rotatable bonds is 2. The van der Waals surface area contributed by atoms with Gasteiger partial charge in [0.1, 0.15) is 5.82 Å². The van der Waals surface area contributed by atoms with Crippen molar-refractivity contribution in [2.24, 2.45) is 5.92 Å². The fourth-order valence-corrected chi connectivity index (χ4v) is 3.33. The second-order valence-corrected chi connectivity index (χ2v) is 6.38. The molecular weight excluding hydrogens is 330 g/mol. The standard InChI is InChI=1S/C20H15N3O3/c21-11-13-3-1-12(2-4-13)9-14-7-8-23-18(14)22-17-10-15(20(25)26)5-6-16(17)19(23)24/h1-3,5-6,9-10,13H,4,7-8H2,(H,25,26)/b14-9-. The van der Waals surface area contributed by atoms with Gasteiger partial charge in [0.15, 0.2) is 0 Å². The lowest BCUT2D eigenvalue weighted by molar-refractivity contribution is 0.0697. The van der Waals surface area contributed by atoms with Crippen LogP contribution in [-0.2, 0) is 6.54 Å². The van der Waals surface area contributed by atoms with Crippen LogP contribution >= 0.6 is 0 Å². The van der Waals surface area contributed by atoms with Crippen molar-refractivity contribution < 1.29 is 9.90 Å². The number of hydrogen-bond donors (Lipinski definition) is 1. The van der Waals surface area contributed by atoms with Crippen molar-refractivity contribution in [3.05, 3.63) is 69.8 Å². The van der Waals surface area contributed by atoms with Gasteiger partial charge >= 0.3 is 5.97 Å². The highest BCUT2D eigenvalue weighted by atomic mass is 16.4. The van der Waals surface area contributed by atoms with Crippen molar-refractivity contribution in [2.75, 3.05) is 0 Å². The number of carbonyl (C=O) groups is 1. The predicted octanol–water partition coefficient (Wildman–Crippen LogP) is 2.91. The Morgan fingerprint density at radius 1 is 1.42 bits per heavy atom. The molecule has 6 heteroatoms. The lowest BCUT2D eigenvalue weighted by Gasteiger charge is -2.09. The van der Waals surface area contributed by atoms with E-state index in [0.29, 0.717) is 36.1 Å². The lowest BCUT2D eigenvalue weighted by Crippen LogP contribution is -2.21. The van der Waals surface area contributed by atoms with E-state index in [9.17, 15) is 9.59 Å². The fraction of sp³-hybridized carbons (Fsp3) is 0.200. The summed E-state index contributed by atoms with van der Waals surface area (Å²) in [6.07, 6.45) is 9.15. The largest absolute Gasteiger partial charge is 0.478 e. The normalized spacial score (nSPS) is 20.0. The summed E-state index contributed by atoms with van der Waals surface area (Å²) in [6, 6.07) is 6.61. The van der Waals surface area contributed by atoms with Gasteiger partial charge in [-0.15, -0.1) is 0 Å². The number of hydrogen-bond acceptors (Lipinski definition) is 4. The van der Waals surface area contributed by atoms with Crippen LogP contribution in [-0.4, -0.2) is 20.6 Å². The zero-order chi connectivity index (χ0) is 18.3. The average molecular weight is 345 g/mol. The Morgan fingerprint density at radius 2 is 2.27 bits per heavy atom. The molecule has 6 nitrogen and oxygen atoms in total. The number of fused-ring (bicyclic) bond motifs is 2. The van der Waals surface area contributed by atoms with Crippen LogP contribution in [0.4, 0.5) is 0 Å². The first-order valence-electron chi connectivity index (χ1n) is 8.33. The Balaban J connectivity index is 1.80. The van der Waals surface area contributed by atoms with Gasteiger partial charge in [0, 0.05) is 6.54 Å². The molecule has 1 aliphatic carbocycles. The van der Waals surface area contributed by atoms with Gasteiger partial charge in [-0.25, -0.2) is 9.78 Å². The smallest absolute Gasteiger partial charge is 0.335 e. The second-order valence-electron chi connectivity index (χ2n) is 6.38. The predicted molar refractivity (Wildman–Crippen MR) is 96.5 cm³/mol. The summed E-state index contributed by atoms with van der Waals surface area (Å²) in [4.78, 5) is 28.5. The van der Waals surface area contributed by atoms with Gasteiger partial charge in [-0.2, -0.15) is 5.26 Å².